The van der Waals surface area contributed by atoms with Crippen LogP contribution in [0, 0.1) is 17.2 Å². The Balaban J connectivity index is 1.54. The van der Waals surface area contributed by atoms with Gasteiger partial charge in [0.15, 0.2) is 6.29 Å². The van der Waals surface area contributed by atoms with Gasteiger partial charge in [-0.15, -0.1) is 0 Å². The highest BCUT2D eigenvalue weighted by molar-refractivity contribution is 6.01. The summed E-state index contributed by atoms with van der Waals surface area (Å²) in [6.07, 6.45) is 5.77. The molecule has 0 radical (unpaired) electrons. The molecule has 4 rings (SSSR count). The van der Waals surface area contributed by atoms with Gasteiger partial charge in [0.2, 0.25) is 5.91 Å². The molecule has 2 aliphatic heterocycles. The first-order valence-electron chi connectivity index (χ1n) is 12.2. The lowest BCUT2D eigenvalue weighted by molar-refractivity contribution is -0.131. The van der Waals surface area contributed by atoms with Crippen molar-refractivity contribution in [2.24, 2.45) is 5.92 Å². The Morgan fingerprint density at radius 1 is 1.33 bits per heavy atom. The third-order valence-corrected chi connectivity index (χ3v) is 6.70. The van der Waals surface area contributed by atoms with Crippen LogP contribution in [0.3, 0.4) is 0 Å². The van der Waals surface area contributed by atoms with Crippen LogP contribution in [0.1, 0.15) is 58.9 Å². The molecule has 0 aliphatic carbocycles. The average Bonchev–Trinajstić information content (AvgIpc) is 3.20. The summed E-state index contributed by atoms with van der Waals surface area (Å²) in [5.74, 6) is 0.861. The number of fused-ring (bicyclic) bond motifs is 1. The fraction of sp³-hybridized carbons (Fsp3) is 0.462. The second-order valence-electron chi connectivity index (χ2n) is 9.20. The fourth-order valence-corrected chi connectivity index (χ4v) is 4.70. The van der Waals surface area contributed by atoms with E-state index < -0.39 is 6.03 Å². The summed E-state index contributed by atoms with van der Waals surface area (Å²) in [4.78, 5) is 49.5. The number of pyridine rings is 2. The Kier molecular flexibility index (Phi) is 7.90. The summed E-state index contributed by atoms with van der Waals surface area (Å²) in [7, 11) is 1.62. The van der Waals surface area contributed by atoms with E-state index in [2.05, 4.69) is 21.4 Å². The summed E-state index contributed by atoms with van der Waals surface area (Å²) in [5, 5.41) is 12.2. The number of anilines is 2. The third-order valence-electron chi connectivity index (χ3n) is 6.70. The highest BCUT2D eigenvalue weighted by Gasteiger charge is 2.30. The first-order valence-corrected chi connectivity index (χ1v) is 12.2. The molecular weight excluding hydrogens is 460 g/mol. The molecule has 3 amide bonds. The number of likely N-dealkylation sites (tertiary alicyclic amines) is 1. The standard InChI is InChI=1S/C26H30N6O4/c1-17-7-9-31(25(17)34)15-20-11-19-5-3-8-32(24(19)29-22(20)16-33)26(35)30-23-12-18(6-4-10-36-2)21(13-27)14-28-23/h11-12,14,16-17H,3-10,15H2,1-2H3,(H,28,30,35). The number of carbonyl (C=O) groups excluding carboxylic acids is 3. The van der Waals surface area contributed by atoms with E-state index in [1.54, 1.807) is 18.1 Å². The maximum atomic E-state index is 13.2. The number of aldehydes is 1. The van der Waals surface area contributed by atoms with Crippen molar-refractivity contribution in [1.82, 2.24) is 14.9 Å². The number of carbonyl (C=O) groups is 3. The summed E-state index contributed by atoms with van der Waals surface area (Å²) in [6.45, 7) is 3.93. The van der Waals surface area contributed by atoms with Crippen LogP contribution in [-0.4, -0.2) is 59.9 Å². The van der Waals surface area contributed by atoms with E-state index in [1.807, 2.05) is 13.0 Å². The molecule has 2 aromatic rings. The Morgan fingerprint density at radius 3 is 2.86 bits per heavy atom. The predicted octanol–water partition coefficient (Wildman–Crippen LogP) is 3.09. The van der Waals surface area contributed by atoms with Gasteiger partial charge < -0.3 is 9.64 Å². The number of nitrogens with one attached hydrogen (secondary N) is 1. The minimum absolute atomic E-state index is 0.00853. The zero-order valence-electron chi connectivity index (χ0n) is 20.6. The molecule has 36 heavy (non-hydrogen) atoms. The minimum Gasteiger partial charge on any atom is -0.385 e. The van der Waals surface area contributed by atoms with Crippen LogP contribution in [0.4, 0.5) is 16.4 Å². The van der Waals surface area contributed by atoms with Crippen LogP contribution in [0.25, 0.3) is 0 Å². The minimum atomic E-state index is -0.406. The zero-order chi connectivity index (χ0) is 25.7. The lowest BCUT2D eigenvalue weighted by atomic mass is 10.0. The monoisotopic (exact) mass is 490 g/mol. The number of aromatic nitrogens is 2. The largest absolute Gasteiger partial charge is 0.385 e. The van der Waals surface area contributed by atoms with Crippen molar-refractivity contribution in [1.29, 1.82) is 5.26 Å². The van der Waals surface area contributed by atoms with Crippen LogP contribution in [0.2, 0.25) is 0 Å². The van der Waals surface area contributed by atoms with E-state index in [0.29, 0.717) is 61.7 Å². The highest BCUT2D eigenvalue weighted by atomic mass is 16.5. The van der Waals surface area contributed by atoms with Gasteiger partial charge in [0.1, 0.15) is 23.4 Å². The van der Waals surface area contributed by atoms with Crippen molar-refractivity contribution in [2.45, 2.75) is 45.6 Å². The number of amides is 3. The maximum Gasteiger partial charge on any atom is 0.328 e. The topological polar surface area (TPSA) is 129 Å². The van der Waals surface area contributed by atoms with Crippen molar-refractivity contribution < 1.29 is 19.1 Å². The Morgan fingerprint density at radius 2 is 2.17 bits per heavy atom. The van der Waals surface area contributed by atoms with E-state index in [4.69, 9.17) is 4.74 Å². The Bertz CT molecular complexity index is 1210. The summed E-state index contributed by atoms with van der Waals surface area (Å²) in [5.41, 5.74) is 3.05. The lowest BCUT2D eigenvalue weighted by Crippen LogP contribution is -2.40. The smallest absolute Gasteiger partial charge is 0.328 e. The SMILES string of the molecule is COCCCc1cc(NC(=O)N2CCCc3cc(CN4CCC(C)C4=O)c(C=O)nc32)ncc1C#N. The van der Waals surface area contributed by atoms with E-state index in [0.717, 1.165) is 36.8 Å². The maximum absolute atomic E-state index is 13.2. The molecule has 2 aromatic heterocycles. The highest BCUT2D eigenvalue weighted by Crippen LogP contribution is 2.29. The number of aryl methyl sites for hydroxylation is 2. The number of methoxy groups -OCH3 is 1. The molecule has 0 bridgehead atoms. The summed E-state index contributed by atoms with van der Waals surface area (Å²) >= 11 is 0. The van der Waals surface area contributed by atoms with Gasteiger partial charge in [0, 0.05) is 51.0 Å². The molecule has 1 fully saturated rings. The van der Waals surface area contributed by atoms with Crippen molar-refractivity contribution in [2.75, 3.05) is 37.0 Å². The normalized spacial score (nSPS) is 17.0. The number of rotatable bonds is 8. The molecule has 1 saturated heterocycles. The van der Waals surface area contributed by atoms with Crippen molar-refractivity contribution in [3.8, 4) is 6.07 Å². The van der Waals surface area contributed by atoms with Crippen molar-refractivity contribution in [3.05, 3.63) is 46.3 Å². The summed E-state index contributed by atoms with van der Waals surface area (Å²) in [6, 6.07) is 5.33. The number of nitriles is 1. The van der Waals surface area contributed by atoms with Crippen LogP contribution >= 0.6 is 0 Å². The lowest BCUT2D eigenvalue weighted by Gasteiger charge is -2.29. The number of nitrogens with zero attached hydrogens (tertiary/aromatic N) is 5. The first kappa shape index (κ1) is 25.3. The summed E-state index contributed by atoms with van der Waals surface area (Å²) < 4.78 is 5.09. The van der Waals surface area contributed by atoms with Gasteiger partial charge in [0.25, 0.3) is 0 Å². The van der Waals surface area contributed by atoms with E-state index in [-0.39, 0.29) is 17.5 Å². The van der Waals surface area contributed by atoms with Gasteiger partial charge in [-0.05, 0) is 55.4 Å². The van der Waals surface area contributed by atoms with Gasteiger partial charge >= 0.3 is 6.03 Å². The molecule has 0 aromatic carbocycles. The predicted molar refractivity (Wildman–Crippen MR) is 133 cm³/mol. The molecule has 0 saturated carbocycles. The fourth-order valence-electron chi connectivity index (χ4n) is 4.70. The van der Waals surface area contributed by atoms with Crippen LogP contribution < -0.4 is 10.2 Å². The van der Waals surface area contributed by atoms with Crippen molar-refractivity contribution in [3.63, 3.8) is 0 Å². The van der Waals surface area contributed by atoms with E-state index >= 15 is 0 Å². The van der Waals surface area contributed by atoms with Gasteiger partial charge in [-0.3, -0.25) is 19.8 Å². The molecule has 10 nitrogen and oxygen atoms in total. The van der Waals surface area contributed by atoms with E-state index in [1.165, 1.54) is 11.1 Å². The Labute approximate surface area is 210 Å². The second-order valence-corrected chi connectivity index (χ2v) is 9.20. The number of ether oxygens (including phenoxy) is 1. The van der Waals surface area contributed by atoms with Gasteiger partial charge in [-0.2, -0.15) is 5.26 Å². The van der Waals surface area contributed by atoms with Gasteiger partial charge in [-0.1, -0.05) is 6.92 Å². The number of urea groups is 1. The van der Waals surface area contributed by atoms with Gasteiger partial charge in [-0.25, -0.2) is 14.8 Å². The van der Waals surface area contributed by atoms with Crippen molar-refractivity contribution >= 4 is 29.9 Å². The molecule has 10 heteroatoms. The quantitative estimate of drug-likeness (QED) is 0.445. The third kappa shape index (κ3) is 5.36. The van der Waals surface area contributed by atoms with Crippen LogP contribution in [0.5, 0.6) is 0 Å². The first-order chi connectivity index (χ1) is 17.4. The second kappa shape index (κ2) is 11.3. The van der Waals surface area contributed by atoms with Crippen LogP contribution in [-0.2, 0) is 28.9 Å². The molecule has 1 unspecified atom stereocenters. The number of hydrogen-bond acceptors (Lipinski definition) is 7. The molecule has 2 aliphatic rings. The van der Waals surface area contributed by atoms with E-state index in [9.17, 15) is 19.6 Å². The molecule has 188 valence electrons. The average molecular weight is 491 g/mol. The van der Waals surface area contributed by atoms with Gasteiger partial charge in [0.05, 0.1) is 5.56 Å². The Hall–Kier alpha value is -3.84. The number of hydrogen-bond donors (Lipinski definition) is 1. The molecule has 1 atom stereocenters. The van der Waals surface area contributed by atoms with Crippen LogP contribution in [0.15, 0.2) is 18.3 Å². The molecule has 0 spiro atoms. The zero-order valence-corrected chi connectivity index (χ0v) is 20.6. The molecular formula is C26H30N6O4. The molecule has 1 N–H and O–H groups in total. The molecule has 4 heterocycles.